The summed E-state index contributed by atoms with van der Waals surface area (Å²) in [5, 5.41) is 0. The van der Waals surface area contributed by atoms with Gasteiger partial charge in [0.05, 0.1) is 21.1 Å². The molecular weight excluding hydrogens is 231 g/mol. The van der Waals surface area contributed by atoms with Crippen molar-refractivity contribution < 1.29 is 18.0 Å². The Morgan fingerprint density at radius 1 is 1.24 bits per heavy atom. The lowest BCUT2D eigenvalue weighted by Crippen LogP contribution is -2.34. The van der Waals surface area contributed by atoms with Crippen LogP contribution in [0.1, 0.15) is 16.8 Å². The van der Waals surface area contributed by atoms with E-state index in [1.54, 1.807) is 12.1 Å². The summed E-state index contributed by atoms with van der Waals surface area (Å²) in [5.74, 6) is -0.896. The first-order chi connectivity index (χ1) is 7.59. The van der Waals surface area contributed by atoms with Crippen LogP contribution in [-0.4, -0.2) is 33.1 Å². The number of benzene rings is 1. The first-order valence-electron chi connectivity index (χ1n) is 5.11. The molecule has 0 bridgehead atoms. The normalized spacial score (nSPS) is 12.6. The number of ketones is 1. The molecule has 0 unspecified atom stereocenters. The highest BCUT2D eigenvalue weighted by Crippen LogP contribution is 2.24. The fourth-order valence-corrected chi connectivity index (χ4v) is 1.38. The summed E-state index contributed by atoms with van der Waals surface area (Å²) in [6.07, 6.45) is -5.86. The quantitative estimate of drug-likeness (QED) is 0.592. The molecule has 0 heterocycles. The first-order valence-corrected chi connectivity index (χ1v) is 5.11. The maximum absolute atomic E-state index is 12.1. The Morgan fingerprint density at radius 3 is 2.29 bits per heavy atom. The summed E-state index contributed by atoms with van der Waals surface area (Å²) in [6, 6.07) is 6.30. The standard InChI is InChI=1S/C12H15F3NO/c1-16(2,3)10-6-4-5-9(7-10)11(17)8-12(13,14)15/h4-7H,8H2,1-3H3/q+1. The zero-order valence-corrected chi connectivity index (χ0v) is 10.0. The van der Waals surface area contributed by atoms with Crippen molar-refractivity contribution in [3.05, 3.63) is 29.8 Å². The number of Topliss-reactive ketones (excluding diaryl/α,β-unsaturated/α-hetero) is 1. The third kappa shape index (κ3) is 4.19. The van der Waals surface area contributed by atoms with Gasteiger partial charge < -0.3 is 0 Å². The van der Waals surface area contributed by atoms with Crippen LogP contribution in [0.25, 0.3) is 0 Å². The van der Waals surface area contributed by atoms with Crippen LogP contribution in [0.2, 0.25) is 0 Å². The average Bonchev–Trinajstić information content (AvgIpc) is 2.14. The number of halogens is 3. The highest BCUT2D eigenvalue weighted by Gasteiger charge is 2.31. The molecule has 1 rings (SSSR count). The van der Waals surface area contributed by atoms with Crippen molar-refractivity contribution in [2.45, 2.75) is 12.6 Å². The van der Waals surface area contributed by atoms with Gasteiger partial charge in [0.2, 0.25) is 0 Å². The molecule has 0 spiro atoms. The van der Waals surface area contributed by atoms with Crippen molar-refractivity contribution in [3.63, 3.8) is 0 Å². The van der Waals surface area contributed by atoms with Gasteiger partial charge in [-0.3, -0.25) is 9.28 Å². The summed E-state index contributed by atoms with van der Waals surface area (Å²) in [5.41, 5.74) is 0.894. The van der Waals surface area contributed by atoms with Crippen LogP contribution in [0.3, 0.4) is 0 Å². The second-order valence-corrected chi connectivity index (χ2v) is 4.78. The largest absolute Gasteiger partial charge is 0.396 e. The summed E-state index contributed by atoms with van der Waals surface area (Å²) in [4.78, 5) is 11.4. The van der Waals surface area contributed by atoms with Gasteiger partial charge in [0.1, 0.15) is 12.1 Å². The molecule has 1 aromatic rings. The van der Waals surface area contributed by atoms with Crippen molar-refractivity contribution in [3.8, 4) is 0 Å². The highest BCUT2D eigenvalue weighted by atomic mass is 19.4. The molecular formula is C12H15F3NO+. The van der Waals surface area contributed by atoms with E-state index in [0.29, 0.717) is 4.48 Å². The Labute approximate surface area is 98.2 Å². The minimum atomic E-state index is -4.45. The molecule has 0 aliphatic carbocycles. The Balaban J connectivity index is 2.97. The SMILES string of the molecule is C[N+](C)(C)c1cccc(C(=O)CC(F)(F)F)c1. The lowest BCUT2D eigenvalue weighted by molar-refractivity contribution is -0.125. The Hall–Kier alpha value is -1.36. The van der Waals surface area contributed by atoms with Gasteiger partial charge in [-0.05, 0) is 6.07 Å². The Bertz CT molecular complexity index is 418. The third-order valence-electron chi connectivity index (χ3n) is 2.30. The number of nitrogens with zero attached hydrogens (tertiary/aromatic N) is 1. The maximum Gasteiger partial charge on any atom is 0.396 e. The van der Waals surface area contributed by atoms with Crippen molar-refractivity contribution in [2.75, 3.05) is 21.1 Å². The summed E-state index contributed by atoms with van der Waals surface area (Å²) < 4.78 is 36.8. The van der Waals surface area contributed by atoms with Gasteiger partial charge in [0.15, 0.2) is 5.78 Å². The van der Waals surface area contributed by atoms with Crippen molar-refractivity contribution >= 4 is 11.5 Å². The van der Waals surface area contributed by atoms with E-state index < -0.39 is 18.4 Å². The molecule has 0 saturated heterocycles. The second-order valence-electron chi connectivity index (χ2n) is 4.78. The topological polar surface area (TPSA) is 17.1 Å². The van der Waals surface area contributed by atoms with Gasteiger partial charge in [-0.15, -0.1) is 0 Å². The minimum absolute atomic E-state index is 0.105. The molecule has 0 N–H and O–H groups in total. The molecule has 0 aliphatic heterocycles. The van der Waals surface area contributed by atoms with Gasteiger partial charge in [-0.2, -0.15) is 13.2 Å². The van der Waals surface area contributed by atoms with E-state index in [-0.39, 0.29) is 5.56 Å². The van der Waals surface area contributed by atoms with E-state index in [2.05, 4.69) is 0 Å². The molecule has 0 aliphatic rings. The predicted molar refractivity (Wildman–Crippen MR) is 61.0 cm³/mol. The van der Waals surface area contributed by atoms with E-state index >= 15 is 0 Å². The van der Waals surface area contributed by atoms with Crippen LogP contribution in [0.15, 0.2) is 24.3 Å². The van der Waals surface area contributed by atoms with Crippen LogP contribution in [-0.2, 0) is 0 Å². The number of alkyl halides is 3. The number of carbonyl (C=O) groups excluding carboxylic acids is 1. The van der Waals surface area contributed by atoms with E-state index in [0.717, 1.165) is 5.69 Å². The number of rotatable bonds is 3. The van der Waals surface area contributed by atoms with E-state index in [1.165, 1.54) is 12.1 Å². The van der Waals surface area contributed by atoms with Crippen LogP contribution < -0.4 is 4.48 Å². The molecule has 0 saturated carbocycles. The molecule has 2 nitrogen and oxygen atoms in total. The molecule has 0 fully saturated rings. The number of carbonyl (C=O) groups is 1. The molecule has 17 heavy (non-hydrogen) atoms. The third-order valence-corrected chi connectivity index (χ3v) is 2.30. The maximum atomic E-state index is 12.1. The minimum Gasteiger partial charge on any atom is -0.298 e. The Morgan fingerprint density at radius 2 is 1.82 bits per heavy atom. The van der Waals surface area contributed by atoms with Crippen molar-refractivity contribution in [1.29, 1.82) is 0 Å². The lowest BCUT2D eigenvalue weighted by Gasteiger charge is -2.23. The summed E-state index contributed by atoms with van der Waals surface area (Å²) >= 11 is 0. The van der Waals surface area contributed by atoms with Gasteiger partial charge in [0.25, 0.3) is 0 Å². The van der Waals surface area contributed by atoms with Gasteiger partial charge in [-0.25, -0.2) is 0 Å². The molecule has 1 aromatic carbocycles. The average molecular weight is 246 g/mol. The molecule has 0 atom stereocenters. The molecule has 0 radical (unpaired) electrons. The fraction of sp³-hybridized carbons (Fsp3) is 0.417. The predicted octanol–water partition coefficient (Wildman–Crippen LogP) is 3.02. The number of quaternary nitrogens is 1. The lowest BCUT2D eigenvalue weighted by atomic mass is 10.1. The zero-order chi connectivity index (χ0) is 13.3. The second kappa shape index (κ2) is 4.49. The summed E-state index contributed by atoms with van der Waals surface area (Å²) in [6.45, 7) is 0. The molecule has 5 heteroatoms. The van der Waals surface area contributed by atoms with E-state index in [1.807, 2.05) is 21.1 Å². The van der Waals surface area contributed by atoms with E-state index in [9.17, 15) is 18.0 Å². The number of hydrogen-bond acceptors (Lipinski definition) is 1. The van der Waals surface area contributed by atoms with Gasteiger partial charge in [-0.1, -0.05) is 12.1 Å². The fourth-order valence-electron chi connectivity index (χ4n) is 1.38. The van der Waals surface area contributed by atoms with Crippen molar-refractivity contribution in [1.82, 2.24) is 4.48 Å². The van der Waals surface area contributed by atoms with E-state index in [4.69, 9.17) is 0 Å². The Kier molecular flexibility index (Phi) is 3.62. The van der Waals surface area contributed by atoms with Crippen LogP contribution in [0, 0.1) is 0 Å². The van der Waals surface area contributed by atoms with Crippen molar-refractivity contribution in [2.24, 2.45) is 0 Å². The first kappa shape index (κ1) is 13.7. The molecule has 0 aromatic heterocycles. The molecule has 94 valence electrons. The van der Waals surface area contributed by atoms with Gasteiger partial charge in [0, 0.05) is 11.6 Å². The molecule has 0 amide bonds. The van der Waals surface area contributed by atoms with Crippen LogP contribution in [0.4, 0.5) is 18.9 Å². The van der Waals surface area contributed by atoms with Gasteiger partial charge >= 0.3 is 6.18 Å². The van der Waals surface area contributed by atoms with Crippen LogP contribution in [0.5, 0.6) is 0 Å². The summed E-state index contributed by atoms with van der Waals surface area (Å²) in [7, 11) is 5.65. The highest BCUT2D eigenvalue weighted by molar-refractivity contribution is 5.97. The number of hydrogen-bond donors (Lipinski definition) is 0. The zero-order valence-electron chi connectivity index (χ0n) is 10.0. The van der Waals surface area contributed by atoms with Crippen LogP contribution >= 0.6 is 0 Å². The smallest absolute Gasteiger partial charge is 0.298 e. The monoisotopic (exact) mass is 246 g/mol.